The van der Waals surface area contributed by atoms with Crippen molar-refractivity contribution in [3.05, 3.63) is 94.5 Å². The van der Waals surface area contributed by atoms with Gasteiger partial charge in [0.05, 0.1) is 12.1 Å². The Morgan fingerprint density at radius 1 is 0.926 bits per heavy atom. The van der Waals surface area contributed by atoms with E-state index in [2.05, 4.69) is 10.6 Å². The van der Waals surface area contributed by atoms with E-state index >= 15 is 0 Å². The molecule has 1 amide bonds. The van der Waals surface area contributed by atoms with E-state index in [9.17, 15) is 13.6 Å². The second-order valence-electron chi connectivity index (χ2n) is 5.96. The Labute approximate surface area is 161 Å². The van der Waals surface area contributed by atoms with Crippen LogP contribution in [0.15, 0.2) is 66.7 Å². The van der Waals surface area contributed by atoms with Gasteiger partial charge < -0.3 is 10.6 Å². The second kappa shape index (κ2) is 8.64. The molecule has 3 aromatic carbocycles. The fourth-order valence-electron chi connectivity index (χ4n) is 2.60. The minimum atomic E-state index is -0.550. The van der Waals surface area contributed by atoms with Crippen molar-refractivity contribution in [3.63, 3.8) is 0 Å². The first-order valence-electron chi connectivity index (χ1n) is 8.33. The van der Waals surface area contributed by atoms with Crippen LogP contribution >= 0.6 is 11.6 Å². The lowest BCUT2D eigenvalue weighted by atomic mass is 10.1. The average molecular weight is 387 g/mol. The van der Waals surface area contributed by atoms with Crippen molar-refractivity contribution in [2.75, 3.05) is 10.6 Å². The van der Waals surface area contributed by atoms with Crippen LogP contribution in [0, 0.1) is 11.6 Å². The largest absolute Gasteiger partial charge is 0.381 e. The highest BCUT2D eigenvalue weighted by atomic mass is 35.5. The van der Waals surface area contributed by atoms with Crippen molar-refractivity contribution in [2.45, 2.75) is 13.0 Å². The van der Waals surface area contributed by atoms with Crippen LogP contribution in [-0.2, 0) is 17.8 Å². The van der Waals surface area contributed by atoms with Gasteiger partial charge in [-0.05, 0) is 35.9 Å². The summed E-state index contributed by atoms with van der Waals surface area (Å²) in [4.78, 5) is 12.1. The minimum Gasteiger partial charge on any atom is -0.381 e. The predicted molar refractivity (Wildman–Crippen MR) is 104 cm³/mol. The zero-order valence-electron chi connectivity index (χ0n) is 14.3. The van der Waals surface area contributed by atoms with Crippen LogP contribution in [0.1, 0.15) is 11.1 Å². The predicted octanol–water partition coefficient (Wildman–Crippen LogP) is 5.41. The molecule has 138 valence electrons. The first-order valence-corrected chi connectivity index (χ1v) is 8.71. The van der Waals surface area contributed by atoms with Gasteiger partial charge in [0.15, 0.2) is 0 Å². The molecule has 2 N–H and O–H groups in total. The van der Waals surface area contributed by atoms with Crippen LogP contribution in [-0.4, -0.2) is 5.91 Å². The highest BCUT2D eigenvalue weighted by Crippen LogP contribution is 2.23. The van der Waals surface area contributed by atoms with Gasteiger partial charge in [0.2, 0.25) is 5.91 Å². The SMILES string of the molecule is O=C(Cc1ccccc1)Nc1cc(NCc2c(F)cccc2Cl)ccc1F. The number of benzene rings is 3. The van der Waals surface area contributed by atoms with Crippen molar-refractivity contribution in [2.24, 2.45) is 0 Å². The number of nitrogens with one attached hydrogen (secondary N) is 2. The van der Waals surface area contributed by atoms with Crippen LogP contribution < -0.4 is 10.6 Å². The molecule has 0 aromatic heterocycles. The Bertz CT molecular complexity index is 928. The fraction of sp³-hybridized carbons (Fsp3) is 0.0952. The summed E-state index contributed by atoms with van der Waals surface area (Å²) in [5, 5.41) is 5.86. The van der Waals surface area contributed by atoms with Gasteiger partial charge in [-0.25, -0.2) is 8.78 Å². The monoisotopic (exact) mass is 386 g/mol. The molecule has 3 aromatic rings. The van der Waals surface area contributed by atoms with E-state index in [-0.39, 0.29) is 24.6 Å². The van der Waals surface area contributed by atoms with Gasteiger partial charge in [-0.1, -0.05) is 48.0 Å². The molecule has 0 radical (unpaired) electrons. The second-order valence-corrected chi connectivity index (χ2v) is 6.37. The van der Waals surface area contributed by atoms with Gasteiger partial charge in [-0.3, -0.25) is 4.79 Å². The van der Waals surface area contributed by atoms with Crippen LogP contribution in [0.4, 0.5) is 20.2 Å². The number of carbonyl (C=O) groups is 1. The molecular formula is C21H17ClF2N2O. The van der Waals surface area contributed by atoms with Crippen molar-refractivity contribution in [1.82, 2.24) is 0 Å². The summed E-state index contributed by atoms with van der Waals surface area (Å²) in [5.74, 6) is -1.30. The number of rotatable bonds is 6. The molecule has 0 unspecified atom stereocenters. The number of amides is 1. The summed E-state index contributed by atoms with van der Waals surface area (Å²) < 4.78 is 27.9. The molecule has 0 heterocycles. The van der Waals surface area contributed by atoms with Crippen LogP contribution in [0.25, 0.3) is 0 Å². The maximum atomic E-state index is 14.0. The number of halogens is 3. The summed E-state index contributed by atoms with van der Waals surface area (Å²) in [5.41, 5.74) is 1.74. The highest BCUT2D eigenvalue weighted by Gasteiger charge is 2.10. The Kier molecular flexibility index (Phi) is 6.04. The third kappa shape index (κ3) is 5.05. The zero-order chi connectivity index (χ0) is 19.2. The van der Waals surface area contributed by atoms with Crippen LogP contribution in [0.3, 0.4) is 0 Å². The molecular weight excluding hydrogens is 370 g/mol. The van der Waals surface area contributed by atoms with E-state index in [1.54, 1.807) is 6.07 Å². The lowest BCUT2D eigenvalue weighted by Gasteiger charge is -2.12. The van der Waals surface area contributed by atoms with Gasteiger partial charge >= 0.3 is 0 Å². The zero-order valence-corrected chi connectivity index (χ0v) is 15.1. The summed E-state index contributed by atoms with van der Waals surface area (Å²) in [6, 6.07) is 17.8. The molecule has 0 aliphatic heterocycles. The van der Waals surface area contributed by atoms with Crippen molar-refractivity contribution in [3.8, 4) is 0 Å². The highest BCUT2D eigenvalue weighted by molar-refractivity contribution is 6.31. The Hall–Kier alpha value is -2.92. The lowest BCUT2D eigenvalue weighted by molar-refractivity contribution is -0.115. The molecule has 3 rings (SSSR count). The van der Waals surface area contributed by atoms with Gasteiger partial charge in [0.25, 0.3) is 0 Å². The molecule has 27 heavy (non-hydrogen) atoms. The van der Waals surface area contributed by atoms with Crippen molar-refractivity contribution < 1.29 is 13.6 Å². The minimum absolute atomic E-state index is 0.0561. The maximum absolute atomic E-state index is 14.0. The molecule has 6 heteroatoms. The average Bonchev–Trinajstić information content (AvgIpc) is 2.64. The van der Waals surface area contributed by atoms with Crippen molar-refractivity contribution >= 4 is 28.9 Å². The fourth-order valence-corrected chi connectivity index (χ4v) is 2.83. The molecule has 3 nitrogen and oxygen atoms in total. The quantitative estimate of drug-likeness (QED) is 0.594. The summed E-state index contributed by atoms with van der Waals surface area (Å²) in [6.07, 6.45) is 0.142. The van der Waals surface area contributed by atoms with Gasteiger partial charge in [0.1, 0.15) is 11.6 Å². The van der Waals surface area contributed by atoms with E-state index in [1.165, 1.54) is 30.3 Å². The molecule has 0 bridgehead atoms. The Morgan fingerprint density at radius 2 is 1.70 bits per heavy atom. The Morgan fingerprint density at radius 3 is 2.44 bits per heavy atom. The topological polar surface area (TPSA) is 41.1 Å². The molecule has 0 spiro atoms. The van der Waals surface area contributed by atoms with Crippen LogP contribution in [0.2, 0.25) is 5.02 Å². The van der Waals surface area contributed by atoms with E-state index in [4.69, 9.17) is 11.6 Å². The van der Waals surface area contributed by atoms with Gasteiger partial charge in [-0.2, -0.15) is 0 Å². The van der Waals surface area contributed by atoms with Crippen LogP contribution in [0.5, 0.6) is 0 Å². The molecule has 0 fully saturated rings. The molecule has 0 atom stereocenters. The van der Waals surface area contributed by atoms with Crippen molar-refractivity contribution in [1.29, 1.82) is 0 Å². The smallest absolute Gasteiger partial charge is 0.228 e. The number of hydrogen-bond acceptors (Lipinski definition) is 2. The maximum Gasteiger partial charge on any atom is 0.228 e. The standard InChI is InChI=1S/C21H17ClF2N2O/c22-17-7-4-8-18(23)16(17)13-25-15-9-10-19(24)20(12-15)26-21(27)11-14-5-2-1-3-6-14/h1-10,12,25H,11,13H2,(H,26,27). The summed E-state index contributed by atoms with van der Waals surface area (Å²) in [7, 11) is 0. The van der Waals surface area contributed by atoms with Gasteiger partial charge in [-0.15, -0.1) is 0 Å². The number of anilines is 2. The van der Waals surface area contributed by atoms with E-state index in [1.807, 2.05) is 30.3 Å². The first-order chi connectivity index (χ1) is 13.0. The van der Waals surface area contributed by atoms with E-state index < -0.39 is 11.6 Å². The van der Waals surface area contributed by atoms with E-state index in [0.29, 0.717) is 16.3 Å². The number of carbonyl (C=O) groups excluding carboxylic acids is 1. The third-order valence-corrected chi connectivity index (χ3v) is 4.33. The molecule has 0 saturated heterocycles. The molecule has 0 saturated carbocycles. The summed E-state index contributed by atoms with van der Waals surface area (Å²) in [6.45, 7) is 0.133. The third-order valence-electron chi connectivity index (χ3n) is 3.98. The molecule has 0 aliphatic rings. The van der Waals surface area contributed by atoms with Gasteiger partial charge in [0, 0.05) is 22.8 Å². The molecule has 0 aliphatic carbocycles. The lowest BCUT2D eigenvalue weighted by Crippen LogP contribution is -2.15. The first kappa shape index (κ1) is 18.9. The number of hydrogen-bond donors (Lipinski definition) is 2. The Balaban J connectivity index is 1.68. The normalized spacial score (nSPS) is 10.5. The van der Waals surface area contributed by atoms with E-state index in [0.717, 1.165) is 5.56 Å². The summed E-state index contributed by atoms with van der Waals surface area (Å²) >= 11 is 6.00.